The van der Waals surface area contributed by atoms with Gasteiger partial charge in [-0.1, -0.05) is 6.07 Å². The van der Waals surface area contributed by atoms with Gasteiger partial charge in [0.2, 0.25) is 0 Å². The van der Waals surface area contributed by atoms with E-state index in [0.717, 1.165) is 18.5 Å². The molecule has 0 spiro atoms. The summed E-state index contributed by atoms with van der Waals surface area (Å²) in [5.41, 5.74) is 1.60. The highest BCUT2D eigenvalue weighted by molar-refractivity contribution is 7.92. The molecule has 1 amide bonds. The lowest BCUT2D eigenvalue weighted by Gasteiger charge is -2.22. The Hall–Kier alpha value is -3.33. The van der Waals surface area contributed by atoms with Crippen molar-refractivity contribution in [2.45, 2.75) is 24.8 Å². The number of nitrogens with one attached hydrogen (secondary N) is 1. The van der Waals surface area contributed by atoms with Crippen molar-refractivity contribution >= 4 is 21.6 Å². The average Bonchev–Trinajstić information content (AvgIpc) is 3.30. The predicted octanol–water partition coefficient (Wildman–Crippen LogP) is 2.85. The van der Waals surface area contributed by atoms with Crippen LogP contribution in [0, 0.1) is 6.92 Å². The maximum atomic E-state index is 13.1. The number of ether oxygens (including phenoxy) is 1. The number of nitrogens with zero attached hydrogens (tertiary/aromatic N) is 3. The molecule has 0 radical (unpaired) electrons. The minimum Gasteiger partial charge on any atom is -0.497 e. The van der Waals surface area contributed by atoms with E-state index in [0.29, 0.717) is 23.5 Å². The second-order valence-corrected chi connectivity index (χ2v) is 9.03. The number of imidazole rings is 1. The summed E-state index contributed by atoms with van der Waals surface area (Å²) >= 11 is 0. The van der Waals surface area contributed by atoms with Gasteiger partial charge in [-0.15, -0.1) is 0 Å². The number of amides is 1. The third kappa shape index (κ3) is 5.24. The van der Waals surface area contributed by atoms with E-state index in [1.807, 2.05) is 17.7 Å². The summed E-state index contributed by atoms with van der Waals surface area (Å²) in [7, 11) is -0.789. The summed E-state index contributed by atoms with van der Waals surface area (Å²) in [6, 6.07) is 11.2. The van der Waals surface area contributed by atoms with E-state index >= 15 is 0 Å². The lowest BCUT2D eigenvalue weighted by molar-refractivity contribution is 0.0952. The molecule has 0 fully saturated rings. The van der Waals surface area contributed by atoms with Crippen LogP contribution in [0.25, 0.3) is 0 Å². The van der Waals surface area contributed by atoms with Crippen molar-refractivity contribution in [2.24, 2.45) is 0 Å². The lowest BCUT2D eigenvalue weighted by Crippen LogP contribution is -2.28. The Morgan fingerprint density at radius 3 is 2.58 bits per heavy atom. The van der Waals surface area contributed by atoms with E-state index in [1.54, 1.807) is 42.9 Å². The number of anilines is 1. The van der Waals surface area contributed by atoms with E-state index in [2.05, 4.69) is 10.3 Å². The van der Waals surface area contributed by atoms with Crippen molar-refractivity contribution in [1.29, 1.82) is 0 Å². The van der Waals surface area contributed by atoms with Gasteiger partial charge in [-0.3, -0.25) is 9.10 Å². The summed E-state index contributed by atoms with van der Waals surface area (Å²) in [5, 5.41) is 2.88. The third-order valence-electron chi connectivity index (χ3n) is 4.97. The molecule has 2 aromatic carbocycles. The van der Waals surface area contributed by atoms with Crippen molar-refractivity contribution in [3.8, 4) is 5.75 Å². The van der Waals surface area contributed by atoms with Crippen LogP contribution in [-0.4, -0.2) is 44.6 Å². The van der Waals surface area contributed by atoms with E-state index in [4.69, 9.17) is 4.74 Å². The first kappa shape index (κ1) is 22.4. The number of carbonyl (C=O) groups excluding carboxylic acids is 1. The van der Waals surface area contributed by atoms with Crippen LogP contribution in [0.2, 0.25) is 0 Å². The Kier molecular flexibility index (Phi) is 6.96. The molecule has 31 heavy (non-hydrogen) atoms. The maximum absolute atomic E-state index is 13.1. The molecule has 0 aliphatic heterocycles. The predicted molar refractivity (Wildman–Crippen MR) is 119 cm³/mol. The second-order valence-electron chi connectivity index (χ2n) is 7.06. The molecule has 3 rings (SSSR count). The van der Waals surface area contributed by atoms with Gasteiger partial charge in [-0.05, 0) is 55.3 Å². The molecule has 9 heteroatoms. The van der Waals surface area contributed by atoms with Crippen molar-refractivity contribution in [3.05, 3.63) is 72.3 Å². The van der Waals surface area contributed by atoms with Crippen LogP contribution in [0.15, 0.2) is 66.1 Å². The number of hydrogen-bond acceptors (Lipinski definition) is 5. The zero-order valence-corrected chi connectivity index (χ0v) is 18.6. The van der Waals surface area contributed by atoms with Crippen molar-refractivity contribution in [3.63, 3.8) is 0 Å². The Morgan fingerprint density at radius 2 is 1.94 bits per heavy atom. The number of benzene rings is 2. The topological polar surface area (TPSA) is 93.5 Å². The van der Waals surface area contributed by atoms with Crippen LogP contribution in [0.3, 0.4) is 0 Å². The summed E-state index contributed by atoms with van der Waals surface area (Å²) in [6.07, 6.45) is 6.07. The molecule has 8 nitrogen and oxygen atoms in total. The normalized spacial score (nSPS) is 11.2. The molecule has 0 unspecified atom stereocenters. The minimum atomic E-state index is -3.79. The van der Waals surface area contributed by atoms with Gasteiger partial charge in [0.05, 0.1) is 24.0 Å². The monoisotopic (exact) mass is 442 g/mol. The Bertz CT molecular complexity index is 1130. The molecule has 3 aromatic rings. The number of sulfonamides is 1. The van der Waals surface area contributed by atoms with E-state index in [9.17, 15) is 13.2 Å². The third-order valence-corrected chi connectivity index (χ3v) is 6.75. The molecule has 1 heterocycles. The molecular weight excluding hydrogens is 416 g/mol. The van der Waals surface area contributed by atoms with Gasteiger partial charge in [-0.25, -0.2) is 13.4 Å². The fourth-order valence-corrected chi connectivity index (χ4v) is 4.36. The van der Waals surface area contributed by atoms with Crippen molar-refractivity contribution < 1.29 is 17.9 Å². The highest BCUT2D eigenvalue weighted by atomic mass is 32.2. The van der Waals surface area contributed by atoms with Crippen LogP contribution in [0.1, 0.15) is 22.3 Å². The van der Waals surface area contributed by atoms with Gasteiger partial charge in [0.25, 0.3) is 15.9 Å². The number of methoxy groups -OCH3 is 1. The highest BCUT2D eigenvalue weighted by Gasteiger charge is 2.23. The van der Waals surface area contributed by atoms with Crippen LogP contribution < -0.4 is 14.4 Å². The Morgan fingerprint density at radius 1 is 1.19 bits per heavy atom. The van der Waals surface area contributed by atoms with Gasteiger partial charge in [-0.2, -0.15) is 0 Å². The number of rotatable bonds is 9. The number of aromatic nitrogens is 2. The fourth-order valence-electron chi connectivity index (χ4n) is 3.11. The van der Waals surface area contributed by atoms with Crippen LogP contribution in [-0.2, 0) is 16.6 Å². The first-order chi connectivity index (χ1) is 14.8. The molecule has 1 N–H and O–H groups in total. The average molecular weight is 443 g/mol. The number of hydrogen-bond donors (Lipinski definition) is 1. The molecule has 1 aromatic heterocycles. The smallest absolute Gasteiger partial charge is 0.264 e. The van der Waals surface area contributed by atoms with Gasteiger partial charge in [0.1, 0.15) is 5.75 Å². The van der Waals surface area contributed by atoms with Gasteiger partial charge in [0.15, 0.2) is 0 Å². The van der Waals surface area contributed by atoms with Gasteiger partial charge in [0, 0.05) is 38.1 Å². The minimum absolute atomic E-state index is 0.143. The lowest BCUT2D eigenvalue weighted by atomic mass is 10.1. The summed E-state index contributed by atoms with van der Waals surface area (Å²) in [4.78, 5) is 16.7. The molecule has 0 bridgehead atoms. The summed E-state index contributed by atoms with van der Waals surface area (Å²) < 4.78 is 34.4. The standard InChI is InChI=1S/C22H26N4O4S/c1-17-5-6-18(22(27)24-11-4-13-26-14-12-23-16-26)15-21(17)25(2)31(28,29)20-9-7-19(30-3)8-10-20/h5-10,12,14-16H,4,11,13H2,1-3H3,(H,24,27). The molecule has 0 aliphatic rings. The zero-order valence-electron chi connectivity index (χ0n) is 17.8. The first-order valence-corrected chi connectivity index (χ1v) is 11.2. The zero-order chi connectivity index (χ0) is 22.4. The first-order valence-electron chi connectivity index (χ1n) is 9.80. The molecule has 0 saturated carbocycles. The van der Waals surface area contributed by atoms with E-state index < -0.39 is 10.0 Å². The summed E-state index contributed by atoms with van der Waals surface area (Å²) in [5.74, 6) is 0.326. The van der Waals surface area contributed by atoms with E-state index in [-0.39, 0.29) is 10.8 Å². The highest BCUT2D eigenvalue weighted by Crippen LogP contribution is 2.27. The molecular formula is C22H26N4O4S. The van der Waals surface area contributed by atoms with Gasteiger partial charge >= 0.3 is 0 Å². The van der Waals surface area contributed by atoms with Crippen molar-refractivity contribution in [1.82, 2.24) is 14.9 Å². The summed E-state index contributed by atoms with van der Waals surface area (Å²) in [6.45, 7) is 3.06. The van der Waals surface area contributed by atoms with Crippen LogP contribution >= 0.6 is 0 Å². The molecule has 0 aliphatic carbocycles. The number of carbonyl (C=O) groups is 1. The largest absolute Gasteiger partial charge is 0.497 e. The molecule has 164 valence electrons. The van der Waals surface area contributed by atoms with Crippen LogP contribution in [0.5, 0.6) is 5.75 Å². The van der Waals surface area contributed by atoms with E-state index in [1.165, 1.54) is 30.6 Å². The maximum Gasteiger partial charge on any atom is 0.264 e. The fraction of sp³-hybridized carbons (Fsp3) is 0.273. The van der Waals surface area contributed by atoms with Crippen molar-refractivity contribution in [2.75, 3.05) is 25.0 Å². The quantitative estimate of drug-likeness (QED) is 0.515. The Labute approximate surface area is 182 Å². The van der Waals surface area contributed by atoms with Gasteiger partial charge < -0.3 is 14.6 Å². The Balaban J connectivity index is 1.72. The second kappa shape index (κ2) is 9.65. The number of aryl methyl sites for hydroxylation is 2. The van der Waals surface area contributed by atoms with Crippen LogP contribution in [0.4, 0.5) is 5.69 Å². The SMILES string of the molecule is COc1ccc(S(=O)(=O)N(C)c2cc(C(=O)NCCCn3ccnc3)ccc2C)cc1. The molecule has 0 atom stereocenters. The molecule has 0 saturated heterocycles.